The molecule has 2 rings (SSSR count). The minimum Gasteiger partial charge on any atom is -0.338 e. The summed E-state index contributed by atoms with van der Waals surface area (Å²) in [6.07, 6.45) is 7.48. The topological polar surface area (TPSA) is 50.2 Å². The van der Waals surface area contributed by atoms with Crippen molar-refractivity contribution in [3.8, 4) is 0 Å². The molecule has 1 saturated heterocycles. The molecule has 2 amide bonds. The van der Waals surface area contributed by atoms with E-state index in [0.29, 0.717) is 6.54 Å². The molecule has 0 unspecified atom stereocenters. The summed E-state index contributed by atoms with van der Waals surface area (Å²) in [6.45, 7) is 2.46. The number of rotatable bonds is 3. The van der Waals surface area contributed by atoms with Crippen molar-refractivity contribution in [3.05, 3.63) is 18.0 Å². The normalized spacial score (nSPS) is 16.4. The predicted molar refractivity (Wildman–Crippen MR) is 70.4 cm³/mol. The standard InChI is InChI=1S/C13H22N4O/c1-16-11-7-12(15-16)6-8-14-13(18)17-9-4-2-3-5-10-17/h7,11H,2-6,8-10H2,1H3,(H,14,18). The largest absolute Gasteiger partial charge is 0.338 e. The fourth-order valence-corrected chi connectivity index (χ4v) is 2.28. The van der Waals surface area contributed by atoms with Crippen LogP contribution in [0.5, 0.6) is 0 Å². The maximum Gasteiger partial charge on any atom is 0.317 e. The Bertz CT molecular complexity index is 380. The molecule has 100 valence electrons. The van der Waals surface area contributed by atoms with Gasteiger partial charge in [-0.1, -0.05) is 12.8 Å². The second kappa shape index (κ2) is 6.42. The van der Waals surface area contributed by atoms with Crippen LogP contribution in [0, 0.1) is 0 Å². The summed E-state index contributed by atoms with van der Waals surface area (Å²) in [5, 5.41) is 7.26. The molecular weight excluding hydrogens is 228 g/mol. The van der Waals surface area contributed by atoms with Gasteiger partial charge in [-0.3, -0.25) is 4.68 Å². The number of urea groups is 1. The van der Waals surface area contributed by atoms with Crippen LogP contribution >= 0.6 is 0 Å². The van der Waals surface area contributed by atoms with Crippen molar-refractivity contribution in [1.29, 1.82) is 0 Å². The van der Waals surface area contributed by atoms with E-state index in [9.17, 15) is 4.79 Å². The summed E-state index contributed by atoms with van der Waals surface area (Å²) in [6, 6.07) is 2.06. The van der Waals surface area contributed by atoms with Gasteiger partial charge in [0.05, 0.1) is 5.69 Å². The Morgan fingerprint density at radius 1 is 1.33 bits per heavy atom. The molecule has 1 fully saturated rings. The van der Waals surface area contributed by atoms with Gasteiger partial charge in [-0.15, -0.1) is 0 Å². The molecule has 0 aromatic carbocycles. The van der Waals surface area contributed by atoms with Gasteiger partial charge in [-0.05, 0) is 18.9 Å². The zero-order valence-electron chi connectivity index (χ0n) is 11.1. The Balaban J connectivity index is 1.70. The molecule has 0 radical (unpaired) electrons. The number of nitrogens with one attached hydrogen (secondary N) is 1. The number of hydrogen-bond donors (Lipinski definition) is 1. The van der Waals surface area contributed by atoms with Gasteiger partial charge in [-0.25, -0.2) is 4.79 Å². The van der Waals surface area contributed by atoms with Crippen LogP contribution in [0.15, 0.2) is 12.3 Å². The summed E-state index contributed by atoms with van der Waals surface area (Å²) in [4.78, 5) is 13.9. The van der Waals surface area contributed by atoms with E-state index in [-0.39, 0.29) is 6.03 Å². The van der Waals surface area contributed by atoms with Crippen LogP contribution < -0.4 is 5.32 Å². The van der Waals surface area contributed by atoms with Gasteiger partial charge in [0.15, 0.2) is 0 Å². The quantitative estimate of drug-likeness (QED) is 0.885. The van der Waals surface area contributed by atoms with Crippen LogP contribution in [0.1, 0.15) is 31.4 Å². The van der Waals surface area contributed by atoms with E-state index >= 15 is 0 Å². The first-order chi connectivity index (χ1) is 8.75. The number of likely N-dealkylation sites (tertiary alicyclic amines) is 1. The molecule has 18 heavy (non-hydrogen) atoms. The lowest BCUT2D eigenvalue weighted by Gasteiger charge is -2.20. The second-order valence-electron chi connectivity index (χ2n) is 4.86. The summed E-state index contributed by atoms with van der Waals surface area (Å²) >= 11 is 0. The highest BCUT2D eigenvalue weighted by Crippen LogP contribution is 2.09. The molecule has 1 aromatic heterocycles. The maximum absolute atomic E-state index is 11.9. The third-order valence-electron chi connectivity index (χ3n) is 3.32. The number of aryl methyl sites for hydroxylation is 1. The maximum atomic E-state index is 11.9. The lowest BCUT2D eigenvalue weighted by Crippen LogP contribution is -2.41. The van der Waals surface area contributed by atoms with Crippen LogP contribution in [0.25, 0.3) is 0 Å². The monoisotopic (exact) mass is 250 g/mol. The molecule has 1 N–H and O–H groups in total. The Kier molecular flexibility index (Phi) is 4.61. The number of nitrogens with zero attached hydrogens (tertiary/aromatic N) is 3. The Labute approximate surface area is 108 Å². The summed E-state index contributed by atoms with van der Waals surface area (Å²) < 4.78 is 1.78. The number of amides is 2. The number of aromatic nitrogens is 2. The van der Waals surface area contributed by atoms with Crippen molar-refractivity contribution in [1.82, 2.24) is 20.0 Å². The third kappa shape index (κ3) is 3.75. The zero-order chi connectivity index (χ0) is 12.8. The number of carbonyl (C=O) groups excluding carboxylic acids is 1. The molecule has 5 heteroatoms. The van der Waals surface area contributed by atoms with Gasteiger partial charge in [0.2, 0.25) is 0 Å². The third-order valence-corrected chi connectivity index (χ3v) is 3.32. The molecule has 1 aromatic rings. The molecule has 0 saturated carbocycles. The first-order valence-electron chi connectivity index (χ1n) is 6.77. The van der Waals surface area contributed by atoms with E-state index in [0.717, 1.165) is 38.0 Å². The van der Waals surface area contributed by atoms with Crippen LogP contribution in [-0.2, 0) is 13.5 Å². The first kappa shape index (κ1) is 12.9. The van der Waals surface area contributed by atoms with Gasteiger partial charge < -0.3 is 10.2 Å². The molecule has 0 spiro atoms. The van der Waals surface area contributed by atoms with Gasteiger partial charge in [0.25, 0.3) is 0 Å². The van der Waals surface area contributed by atoms with Crippen molar-refractivity contribution in [2.75, 3.05) is 19.6 Å². The Morgan fingerprint density at radius 2 is 2.06 bits per heavy atom. The van der Waals surface area contributed by atoms with Crippen LogP contribution in [0.3, 0.4) is 0 Å². The molecule has 2 heterocycles. The van der Waals surface area contributed by atoms with Crippen molar-refractivity contribution in [3.63, 3.8) is 0 Å². The first-order valence-corrected chi connectivity index (χ1v) is 6.77. The Hall–Kier alpha value is -1.52. The molecule has 1 aliphatic rings. The van der Waals surface area contributed by atoms with Crippen LogP contribution in [0.4, 0.5) is 4.79 Å². The van der Waals surface area contributed by atoms with E-state index < -0.39 is 0 Å². The second-order valence-corrected chi connectivity index (χ2v) is 4.86. The highest BCUT2D eigenvalue weighted by Gasteiger charge is 2.14. The molecule has 1 aliphatic heterocycles. The van der Waals surface area contributed by atoms with Gasteiger partial charge >= 0.3 is 6.03 Å². The zero-order valence-corrected chi connectivity index (χ0v) is 11.1. The van der Waals surface area contributed by atoms with E-state index in [2.05, 4.69) is 10.4 Å². The summed E-state index contributed by atoms with van der Waals surface area (Å²) in [7, 11) is 1.90. The average molecular weight is 250 g/mol. The fraction of sp³-hybridized carbons (Fsp3) is 0.692. The minimum atomic E-state index is 0.0767. The average Bonchev–Trinajstić information content (AvgIpc) is 2.63. The van der Waals surface area contributed by atoms with E-state index in [1.165, 1.54) is 12.8 Å². The van der Waals surface area contributed by atoms with Crippen molar-refractivity contribution < 1.29 is 4.79 Å². The molecule has 0 atom stereocenters. The van der Waals surface area contributed by atoms with Crippen LogP contribution in [0.2, 0.25) is 0 Å². The lowest BCUT2D eigenvalue weighted by molar-refractivity contribution is 0.200. The van der Waals surface area contributed by atoms with E-state index in [4.69, 9.17) is 0 Å². The fourth-order valence-electron chi connectivity index (χ4n) is 2.28. The Morgan fingerprint density at radius 3 is 2.67 bits per heavy atom. The molecule has 5 nitrogen and oxygen atoms in total. The highest BCUT2D eigenvalue weighted by molar-refractivity contribution is 5.74. The van der Waals surface area contributed by atoms with Crippen molar-refractivity contribution in [2.24, 2.45) is 7.05 Å². The van der Waals surface area contributed by atoms with E-state index in [1.54, 1.807) is 4.68 Å². The van der Waals surface area contributed by atoms with Crippen molar-refractivity contribution >= 4 is 6.03 Å². The molecular formula is C13H22N4O. The minimum absolute atomic E-state index is 0.0767. The van der Waals surface area contributed by atoms with Gasteiger partial charge in [-0.2, -0.15) is 5.10 Å². The lowest BCUT2D eigenvalue weighted by atomic mass is 10.2. The molecule has 0 bridgehead atoms. The van der Waals surface area contributed by atoms with Crippen LogP contribution in [-0.4, -0.2) is 40.3 Å². The number of hydrogen-bond acceptors (Lipinski definition) is 2. The SMILES string of the molecule is Cn1ccc(CCNC(=O)N2CCCCCC2)n1. The summed E-state index contributed by atoms with van der Waals surface area (Å²) in [5.74, 6) is 0. The summed E-state index contributed by atoms with van der Waals surface area (Å²) in [5.41, 5.74) is 1.02. The smallest absolute Gasteiger partial charge is 0.317 e. The van der Waals surface area contributed by atoms with E-state index in [1.807, 2.05) is 24.2 Å². The van der Waals surface area contributed by atoms with Crippen molar-refractivity contribution in [2.45, 2.75) is 32.1 Å². The highest BCUT2D eigenvalue weighted by atomic mass is 16.2. The number of carbonyl (C=O) groups is 1. The van der Waals surface area contributed by atoms with Gasteiger partial charge in [0, 0.05) is 39.3 Å². The molecule has 0 aliphatic carbocycles. The van der Waals surface area contributed by atoms with Gasteiger partial charge in [0.1, 0.15) is 0 Å². The predicted octanol–water partition coefficient (Wildman–Crippen LogP) is 1.55.